The molecule has 0 aliphatic carbocycles. The number of carboxylic acids is 1. The van der Waals surface area contributed by atoms with Gasteiger partial charge in [0.25, 0.3) is 11.8 Å². The van der Waals surface area contributed by atoms with Crippen LogP contribution in [0.25, 0.3) is 0 Å². The lowest BCUT2D eigenvalue weighted by Gasteiger charge is -2.21. The molecule has 21 heavy (non-hydrogen) atoms. The second kappa shape index (κ2) is 6.36. The lowest BCUT2D eigenvalue weighted by atomic mass is 10.1. The number of amides is 2. The highest BCUT2D eigenvalue weighted by Gasteiger charge is 2.36. The Balaban J connectivity index is 2.07. The van der Waals surface area contributed by atoms with E-state index in [0.29, 0.717) is 11.1 Å². The minimum Gasteiger partial charge on any atom is -0.480 e. The van der Waals surface area contributed by atoms with Crippen molar-refractivity contribution in [1.29, 1.82) is 0 Å². The van der Waals surface area contributed by atoms with Crippen molar-refractivity contribution >= 4 is 33.7 Å². The summed E-state index contributed by atoms with van der Waals surface area (Å²) in [5.41, 5.74) is 0.759. The van der Waals surface area contributed by atoms with Crippen molar-refractivity contribution in [1.82, 2.24) is 4.90 Å². The number of rotatable bonds is 6. The summed E-state index contributed by atoms with van der Waals surface area (Å²) in [4.78, 5) is 35.5. The third-order valence-electron chi connectivity index (χ3n) is 3.38. The Morgan fingerprint density at radius 2 is 1.81 bits per heavy atom. The minimum atomic E-state index is -1.05. The number of aliphatic carboxylic acids is 1. The molecule has 2 amide bonds. The van der Waals surface area contributed by atoms with Gasteiger partial charge in [-0.1, -0.05) is 28.1 Å². The van der Waals surface area contributed by atoms with Crippen LogP contribution >= 0.6 is 15.9 Å². The van der Waals surface area contributed by atoms with Crippen LogP contribution < -0.4 is 0 Å². The molecule has 0 unspecified atom stereocenters. The van der Waals surface area contributed by atoms with Crippen LogP contribution in [0.2, 0.25) is 0 Å². The summed E-state index contributed by atoms with van der Waals surface area (Å²) in [5.74, 6) is -1.76. The summed E-state index contributed by atoms with van der Waals surface area (Å²) in [7, 11) is 1.39. The van der Waals surface area contributed by atoms with Gasteiger partial charge in [0.05, 0.1) is 17.2 Å². The summed E-state index contributed by atoms with van der Waals surface area (Å²) >= 11 is 3.02. The van der Waals surface area contributed by atoms with E-state index in [1.165, 1.54) is 7.11 Å². The van der Waals surface area contributed by atoms with E-state index in [1.54, 1.807) is 24.3 Å². The van der Waals surface area contributed by atoms with Crippen molar-refractivity contribution in [2.45, 2.75) is 17.4 Å². The molecule has 1 N–H and O–H groups in total. The molecule has 1 aliphatic rings. The number of halogens is 1. The van der Waals surface area contributed by atoms with Gasteiger partial charge in [0.1, 0.15) is 4.83 Å². The molecule has 1 aromatic rings. The molecule has 0 aromatic heterocycles. The molecule has 0 fully saturated rings. The van der Waals surface area contributed by atoms with Crippen LogP contribution in [0.5, 0.6) is 0 Å². The molecule has 2 rings (SSSR count). The third-order valence-corrected chi connectivity index (χ3v) is 4.36. The van der Waals surface area contributed by atoms with E-state index < -0.39 is 16.9 Å². The summed E-state index contributed by atoms with van der Waals surface area (Å²) in [5, 5.41) is 8.95. The number of imide groups is 1. The third kappa shape index (κ3) is 2.98. The zero-order valence-corrected chi connectivity index (χ0v) is 12.9. The molecule has 6 nitrogen and oxygen atoms in total. The van der Waals surface area contributed by atoms with E-state index in [2.05, 4.69) is 15.9 Å². The van der Waals surface area contributed by atoms with Gasteiger partial charge in [0.2, 0.25) is 0 Å². The molecule has 7 heteroatoms. The number of ether oxygens (including phenoxy) is 1. The number of hydrogen-bond donors (Lipinski definition) is 1. The van der Waals surface area contributed by atoms with Gasteiger partial charge in [-0.3, -0.25) is 19.3 Å². The Bertz CT molecular complexity index is 553. The number of hydrogen-bond acceptors (Lipinski definition) is 4. The molecule has 1 aliphatic heterocycles. The van der Waals surface area contributed by atoms with Crippen LogP contribution in [0.3, 0.4) is 0 Å². The first-order chi connectivity index (χ1) is 9.97. The fourth-order valence-electron chi connectivity index (χ4n) is 2.24. The number of alkyl halides is 1. The lowest BCUT2D eigenvalue weighted by Crippen LogP contribution is -2.37. The predicted octanol–water partition coefficient (Wildman–Crippen LogP) is 1.54. The van der Waals surface area contributed by atoms with Crippen molar-refractivity contribution in [3.05, 3.63) is 35.4 Å². The molecular formula is C14H14BrNO5. The van der Waals surface area contributed by atoms with Crippen LogP contribution in [0.15, 0.2) is 24.3 Å². The molecule has 1 heterocycles. The van der Waals surface area contributed by atoms with E-state index in [1.807, 2.05) is 0 Å². The van der Waals surface area contributed by atoms with Crippen LogP contribution in [0.1, 0.15) is 27.1 Å². The van der Waals surface area contributed by atoms with Gasteiger partial charge in [-0.05, 0) is 18.6 Å². The standard InChI is InChI=1S/C14H14BrNO5/c1-21-10(11(15)14(19)20)6-7-16-12(17)8-4-2-3-5-9(8)13(16)18/h2-5,10-11H,6-7H2,1H3,(H,19,20)/t10-,11+/m1/s1. The van der Waals surface area contributed by atoms with Crippen LogP contribution in [0.4, 0.5) is 0 Å². The normalized spacial score (nSPS) is 16.8. The van der Waals surface area contributed by atoms with Gasteiger partial charge < -0.3 is 9.84 Å². The topological polar surface area (TPSA) is 83.9 Å². The second-order valence-corrected chi connectivity index (χ2v) is 5.60. The Morgan fingerprint density at radius 1 is 1.29 bits per heavy atom. The Morgan fingerprint density at radius 3 is 2.24 bits per heavy atom. The van der Waals surface area contributed by atoms with Gasteiger partial charge in [-0.2, -0.15) is 0 Å². The lowest BCUT2D eigenvalue weighted by molar-refractivity contribution is -0.138. The van der Waals surface area contributed by atoms with Crippen LogP contribution in [-0.4, -0.2) is 52.4 Å². The average Bonchev–Trinajstić information content (AvgIpc) is 2.72. The SMILES string of the molecule is CO[C@H](CCN1C(=O)c2ccccc2C1=O)[C@H](Br)C(=O)O. The van der Waals surface area contributed by atoms with Crippen molar-refractivity contribution in [2.75, 3.05) is 13.7 Å². The van der Waals surface area contributed by atoms with E-state index in [9.17, 15) is 14.4 Å². The second-order valence-electron chi connectivity index (χ2n) is 4.61. The zero-order valence-electron chi connectivity index (χ0n) is 11.3. The highest BCUT2D eigenvalue weighted by molar-refractivity contribution is 9.10. The molecular weight excluding hydrogens is 342 g/mol. The number of fused-ring (bicyclic) bond motifs is 1. The van der Waals surface area contributed by atoms with Crippen molar-refractivity contribution in [2.24, 2.45) is 0 Å². The largest absolute Gasteiger partial charge is 0.480 e. The average molecular weight is 356 g/mol. The van der Waals surface area contributed by atoms with E-state index in [0.717, 1.165) is 4.90 Å². The number of carbonyl (C=O) groups is 3. The monoisotopic (exact) mass is 355 g/mol. The van der Waals surface area contributed by atoms with E-state index >= 15 is 0 Å². The van der Waals surface area contributed by atoms with Gasteiger partial charge in [-0.15, -0.1) is 0 Å². The first-order valence-electron chi connectivity index (χ1n) is 6.32. The quantitative estimate of drug-likeness (QED) is 0.618. The fraction of sp³-hybridized carbons (Fsp3) is 0.357. The number of benzene rings is 1. The number of methoxy groups -OCH3 is 1. The molecule has 1 aromatic carbocycles. The van der Waals surface area contributed by atoms with Crippen LogP contribution in [0, 0.1) is 0 Å². The molecule has 0 spiro atoms. The maximum atomic E-state index is 12.1. The van der Waals surface area contributed by atoms with Crippen molar-refractivity contribution in [3.8, 4) is 0 Å². The van der Waals surface area contributed by atoms with Gasteiger partial charge in [0.15, 0.2) is 0 Å². The predicted molar refractivity (Wildman–Crippen MR) is 77.6 cm³/mol. The summed E-state index contributed by atoms with van der Waals surface area (Å²) < 4.78 is 5.10. The summed E-state index contributed by atoms with van der Waals surface area (Å²) in [6, 6.07) is 6.61. The molecule has 2 atom stereocenters. The smallest absolute Gasteiger partial charge is 0.319 e. The number of carboxylic acid groups (broad SMARTS) is 1. The van der Waals surface area contributed by atoms with Gasteiger partial charge in [-0.25, -0.2) is 0 Å². The minimum absolute atomic E-state index is 0.111. The Labute approximate surface area is 129 Å². The Hall–Kier alpha value is -1.73. The van der Waals surface area contributed by atoms with E-state index in [4.69, 9.17) is 9.84 Å². The van der Waals surface area contributed by atoms with E-state index in [-0.39, 0.29) is 24.8 Å². The fourth-order valence-corrected chi connectivity index (χ4v) is 2.72. The number of nitrogens with zero attached hydrogens (tertiary/aromatic N) is 1. The number of carbonyl (C=O) groups excluding carboxylic acids is 2. The molecule has 0 radical (unpaired) electrons. The first-order valence-corrected chi connectivity index (χ1v) is 7.23. The summed E-state index contributed by atoms with van der Waals surface area (Å²) in [6.07, 6.45) is -0.392. The zero-order chi connectivity index (χ0) is 15.6. The van der Waals surface area contributed by atoms with Crippen molar-refractivity contribution < 1.29 is 24.2 Å². The molecule has 0 saturated heterocycles. The van der Waals surface area contributed by atoms with Gasteiger partial charge in [0, 0.05) is 13.7 Å². The highest BCUT2D eigenvalue weighted by Crippen LogP contribution is 2.23. The molecule has 0 saturated carbocycles. The summed E-state index contributed by atoms with van der Waals surface area (Å²) in [6.45, 7) is 0.111. The van der Waals surface area contributed by atoms with Gasteiger partial charge >= 0.3 is 5.97 Å². The van der Waals surface area contributed by atoms with Crippen molar-refractivity contribution in [3.63, 3.8) is 0 Å². The molecule has 112 valence electrons. The first kappa shape index (κ1) is 15.7. The Kier molecular flexibility index (Phi) is 4.74. The van der Waals surface area contributed by atoms with Crippen LogP contribution in [-0.2, 0) is 9.53 Å². The maximum Gasteiger partial charge on any atom is 0.319 e. The molecule has 0 bridgehead atoms. The highest BCUT2D eigenvalue weighted by atomic mass is 79.9. The maximum absolute atomic E-state index is 12.1.